The maximum absolute atomic E-state index is 13.0. The number of aryl methyl sites for hydroxylation is 1. The molecule has 0 heterocycles. The SMILES string of the molecule is COc1cc(/C=C/C(=O)OCCO[N+](=O)[O-])ccc1OC(=O)C(C)NC(=O)CCC/C=C\C[C@@H]1[C@@H](/C=C/[C@@H](O)CCc2cccc(C(F)(F)F)c2)[C@H](O)C[C@@H]1O. The van der Waals surface area contributed by atoms with Gasteiger partial charge in [-0.25, -0.2) is 9.59 Å². The molecule has 0 bridgehead atoms. The van der Waals surface area contributed by atoms with E-state index in [-0.39, 0.29) is 55.6 Å². The lowest BCUT2D eigenvalue weighted by Gasteiger charge is -2.19. The molecule has 56 heavy (non-hydrogen) atoms. The zero-order valence-electron chi connectivity index (χ0n) is 30.9. The minimum atomic E-state index is -4.45. The highest BCUT2D eigenvalue weighted by Gasteiger charge is 2.39. The topological polar surface area (TPSA) is 204 Å². The third-order valence-corrected chi connectivity index (χ3v) is 8.87. The number of esters is 2. The highest BCUT2D eigenvalue weighted by Crippen LogP contribution is 2.36. The van der Waals surface area contributed by atoms with Crippen LogP contribution in [0.15, 0.2) is 72.8 Å². The number of methoxy groups -OCH3 is 1. The van der Waals surface area contributed by atoms with Gasteiger partial charge in [0.15, 0.2) is 11.5 Å². The lowest BCUT2D eigenvalue weighted by Crippen LogP contribution is -2.40. The van der Waals surface area contributed by atoms with E-state index in [0.29, 0.717) is 30.4 Å². The van der Waals surface area contributed by atoms with Gasteiger partial charge in [0, 0.05) is 24.8 Å². The molecule has 0 aromatic heterocycles. The summed E-state index contributed by atoms with van der Waals surface area (Å²) < 4.78 is 54.4. The van der Waals surface area contributed by atoms with Crippen molar-refractivity contribution < 1.29 is 67.0 Å². The van der Waals surface area contributed by atoms with Crippen LogP contribution in [0.3, 0.4) is 0 Å². The van der Waals surface area contributed by atoms with Crippen molar-refractivity contribution in [3.8, 4) is 11.5 Å². The van der Waals surface area contributed by atoms with Crippen LogP contribution in [0.1, 0.15) is 62.1 Å². The number of hydrogen-bond donors (Lipinski definition) is 4. The maximum atomic E-state index is 13.0. The van der Waals surface area contributed by atoms with E-state index in [1.807, 2.05) is 12.2 Å². The maximum Gasteiger partial charge on any atom is 0.416 e. The van der Waals surface area contributed by atoms with E-state index in [0.717, 1.165) is 18.2 Å². The van der Waals surface area contributed by atoms with Gasteiger partial charge >= 0.3 is 18.1 Å². The molecule has 1 aliphatic rings. The highest BCUT2D eigenvalue weighted by atomic mass is 19.4. The Morgan fingerprint density at radius 2 is 1.84 bits per heavy atom. The third kappa shape index (κ3) is 15.5. The summed E-state index contributed by atoms with van der Waals surface area (Å²) in [5.74, 6) is -2.40. The van der Waals surface area contributed by atoms with Crippen molar-refractivity contribution in [3.05, 3.63) is 99.6 Å². The smallest absolute Gasteiger partial charge is 0.416 e. The van der Waals surface area contributed by atoms with Gasteiger partial charge < -0.3 is 39.7 Å². The summed E-state index contributed by atoms with van der Waals surface area (Å²) in [7, 11) is 1.35. The van der Waals surface area contributed by atoms with Crippen molar-refractivity contribution >= 4 is 23.9 Å². The van der Waals surface area contributed by atoms with Gasteiger partial charge in [0.2, 0.25) is 5.91 Å². The largest absolute Gasteiger partial charge is 0.493 e. The second-order valence-electron chi connectivity index (χ2n) is 13.1. The Hall–Kier alpha value is -5.26. The highest BCUT2D eigenvalue weighted by molar-refractivity contribution is 5.87. The molecule has 0 saturated heterocycles. The third-order valence-electron chi connectivity index (χ3n) is 8.87. The number of unbranched alkanes of at least 4 members (excludes halogenated alkanes) is 1. The van der Waals surface area contributed by atoms with Crippen LogP contribution in [0, 0.1) is 22.0 Å². The van der Waals surface area contributed by atoms with Crippen molar-refractivity contribution in [1.82, 2.24) is 5.32 Å². The number of rotatable bonds is 21. The first-order chi connectivity index (χ1) is 26.6. The van der Waals surface area contributed by atoms with Crippen LogP contribution < -0.4 is 14.8 Å². The summed E-state index contributed by atoms with van der Waals surface area (Å²) in [6.45, 7) is 0.746. The van der Waals surface area contributed by atoms with E-state index in [1.54, 1.807) is 12.1 Å². The summed E-state index contributed by atoms with van der Waals surface area (Å²) in [6, 6.07) is 8.42. The number of benzene rings is 2. The number of nitrogens with one attached hydrogen (secondary N) is 1. The van der Waals surface area contributed by atoms with Gasteiger partial charge in [-0.15, -0.1) is 10.1 Å². The molecule has 0 spiro atoms. The Bertz CT molecular complexity index is 1710. The van der Waals surface area contributed by atoms with Gasteiger partial charge in [0.1, 0.15) is 19.3 Å². The zero-order chi connectivity index (χ0) is 41.3. The number of allylic oxidation sites excluding steroid dienone is 2. The first-order valence-electron chi connectivity index (χ1n) is 17.9. The molecule has 3 rings (SSSR count). The lowest BCUT2D eigenvalue weighted by molar-refractivity contribution is -0.757. The second kappa shape index (κ2) is 22.3. The number of ether oxygens (including phenoxy) is 3. The number of hydrogen-bond acceptors (Lipinski definition) is 12. The number of halogens is 3. The van der Waals surface area contributed by atoms with Crippen LogP contribution >= 0.6 is 0 Å². The first kappa shape index (κ1) is 45.1. The van der Waals surface area contributed by atoms with Gasteiger partial charge in [-0.2, -0.15) is 13.2 Å². The van der Waals surface area contributed by atoms with E-state index in [1.165, 1.54) is 50.5 Å². The Kier molecular flexibility index (Phi) is 18.0. The van der Waals surface area contributed by atoms with E-state index in [4.69, 9.17) is 14.2 Å². The number of carbonyl (C=O) groups excluding carboxylic acids is 3. The lowest BCUT2D eigenvalue weighted by atomic mass is 9.89. The predicted molar refractivity (Wildman–Crippen MR) is 195 cm³/mol. The van der Waals surface area contributed by atoms with Crippen LogP contribution in [0.2, 0.25) is 0 Å². The molecule has 6 atom stereocenters. The number of carbonyl (C=O) groups is 3. The van der Waals surface area contributed by atoms with Crippen LogP contribution in [-0.2, 0) is 36.6 Å². The second-order valence-corrected chi connectivity index (χ2v) is 13.1. The van der Waals surface area contributed by atoms with Gasteiger partial charge in [-0.3, -0.25) is 4.79 Å². The van der Waals surface area contributed by atoms with Crippen LogP contribution in [0.25, 0.3) is 6.08 Å². The van der Waals surface area contributed by atoms with E-state index in [2.05, 4.69) is 10.2 Å². The molecule has 1 unspecified atom stereocenters. The molecule has 1 fully saturated rings. The predicted octanol–water partition coefficient (Wildman–Crippen LogP) is 4.91. The number of aliphatic hydroxyl groups excluding tert-OH is 3. The minimum absolute atomic E-state index is 0.0724. The van der Waals surface area contributed by atoms with Crippen molar-refractivity contribution in [2.75, 3.05) is 20.3 Å². The molecule has 2 aromatic rings. The fourth-order valence-electron chi connectivity index (χ4n) is 5.94. The molecule has 1 saturated carbocycles. The molecule has 1 aliphatic carbocycles. The molecular weight excluding hydrogens is 745 g/mol. The summed E-state index contributed by atoms with van der Waals surface area (Å²) >= 11 is 0. The minimum Gasteiger partial charge on any atom is -0.493 e. The molecule has 2 aromatic carbocycles. The summed E-state index contributed by atoms with van der Waals surface area (Å²) in [6.07, 6.45) is 4.46. The fraction of sp³-hybridized carbons (Fsp3) is 0.462. The Balaban J connectivity index is 1.39. The van der Waals surface area contributed by atoms with Crippen molar-refractivity contribution in [1.29, 1.82) is 0 Å². The molecule has 14 nitrogen and oxygen atoms in total. The van der Waals surface area contributed by atoms with Gasteiger partial charge in [0.25, 0.3) is 5.09 Å². The average molecular weight is 793 g/mol. The van der Waals surface area contributed by atoms with Crippen LogP contribution in [0.5, 0.6) is 11.5 Å². The molecule has 4 N–H and O–H groups in total. The number of amides is 1. The number of nitrogens with zero attached hydrogens (tertiary/aromatic N) is 1. The normalized spacial score (nSPS) is 19.6. The molecule has 1 amide bonds. The van der Waals surface area contributed by atoms with Crippen LogP contribution in [0.4, 0.5) is 13.2 Å². The molecule has 0 aliphatic heterocycles. The monoisotopic (exact) mass is 792 g/mol. The van der Waals surface area contributed by atoms with E-state index in [9.17, 15) is 53.0 Å². The number of alkyl halides is 3. The Labute approximate surface area is 321 Å². The summed E-state index contributed by atoms with van der Waals surface area (Å²) in [5, 5.41) is 43.2. The average Bonchev–Trinajstić information content (AvgIpc) is 3.42. The molecule has 0 radical (unpaired) electrons. The summed E-state index contributed by atoms with van der Waals surface area (Å²) in [4.78, 5) is 51.2. The molecule has 306 valence electrons. The van der Waals surface area contributed by atoms with E-state index >= 15 is 0 Å². The molecular formula is C39H47F3N2O12. The fourth-order valence-corrected chi connectivity index (χ4v) is 5.94. The standard InChI is InChI=1S/C39H47F3N2O12/c1-25(38(50)56-34-18-13-27(23-35(34)53-2)14-19-37(49)54-20-21-55-44(51)52)43-36(48)11-6-4-3-5-10-30-31(33(47)24-32(30)46)17-16-29(45)15-12-26-8-7-9-28(22-26)39(40,41)42/h3,5,7-9,13-14,16-19,22-23,25,29-33,45-47H,4,6,10-12,15,20-21,24H2,1-2H3,(H,43,48)/b5-3-,17-16+,19-14+/t25?,29-,30+,31+,32-,33+/m0/s1. The van der Waals surface area contributed by atoms with Gasteiger partial charge in [0.05, 0.1) is 31.0 Å². The van der Waals surface area contributed by atoms with E-state index < -0.39 is 65.6 Å². The molecule has 17 heteroatoms. The first-order valence-corrected chi connectivity index (χ1v) is 17.9. The van der Waals surface area contributed by atoms with Crippen molar-refractivity contribution in [3.63, 3.8) is 0 Å². The van der Waals surface area contributed by atoms with Crippen LogP contribution in [-0.4, -0.2) is 82.9 Å². The van der Waals surface area contributed by atoms with Crippen molar-refractivity contribution in [2.24, 2.45) is 11.8 Å². The van der Waals surface area contributed by atoms with Gasteiger partial charge in [-0.1, -0.05) is 48.6 Å². The zero-order valence-corrected chi connectivity index (χ0v) is 30.9. The number of aliphatic hydroxyl groups is 3. The quantitative estimate of drug-likeness (QED) is 0.0253. The Morgan fingerprint density at radius 3 is 2.55 bits per heavy atom. The van der Waals surface area contributed by atoms with Crippen molar-refractivity contribution in [2.45, 2.75) is 82.4 Å². The summed E-state index contributed by atoms with van der Waals surface area (Å²) in [5.41, 5.74) is 0.186. The Morgan fingerprint density at radius 1 is 1.07 bits per heavy atom. The van der Waals surface area contributed by atoms with Gasteiger partial charge in [-0.05, 0) is 80.3 Å².